The number of imidazole rings is 2. The molecule has 4 aromatic heterocycles. The predicted molar refractivity (Wildman–Crippen MR) is 197 cm³/mol. The van der Waals surface area contributed by atoms with Crippen molar-refractivity contribution >= 4 is 61.5 Å². The van der Waals surface area contributed by atoms with Gasteiger partial charge in [0.25, 0.3) is 0 Å². The lowest BCUT2D eigenvalue weighted by molar-refractivity contribution is -0.161. The molecule has 3 saturated heterocycles. The molecule has 7 heterocycles. The second-order valence-electron chi connectivity index (χ2n) is 15.5. The number of nitrogen functional groups attached to an aromatic ring is 2. The van der Waals surface area contributed by atoms with Gasteiger partial charge in [-0.05, 0) is 41.5 Å². The molecule has 28 heteroatoms. The van der Waals surface area contributed by atoms with E-state index in [0.717, 1.165) is 21.8 Å². The number of phosphoric acid groups is 2. The molecule has 10 atom stereocenters. The van der Waals surface area contributed by atoms with Crippen LogP contribution in [0.4, 0.5) is 20.4 Å². The van der Waals surface area contributed by atoms with Crippen molar-refractivity contribution < 1.29 is 76.3 Å². The van der Waals surface area contributed by atoms with E-state index >= 15 is 8.78 Å². The van der Waals surface area contributed by atoms with Gasteiger partial charge in [0.05, 0.1) is 36.7 Å². The van der Waals surface area contributed by atoms with Crippen molar-refractivity contribution in [1.29, 1.82) is 0 Å². The number of carbonyl (C=O) groups excluding carboxylic acids is 2. The van der Waals surface area contributed by atoms with E-state index in [1.54, 1.807) is 0 Å². The summed E-state index contributed by atoms with van der Waals surface area (Å²) >= 11 is 0. The van der Waals surface area contributed by atoms with Gasteiger partial charge in [0, 0.05) is 0 Å². The van der Waals surface area contributed by atoms with Crippen LogP contribution in [0.15, 0.2) is 25.3 Å². The van der Waals surface area contributed by atoms with Crippen LogP contribution in [-0.2, 0) is 64.8 Å². The van der Waals surface area contributed by atoms with Crippen molar-refractivity contribution in [2.75, 3.05) is 38.3 Å². The van der Waals surface area contributed by atoms with Gasteiger partial charge in [0.15, 0.2) is 47.7 Å². The lowest BCUT2D eigenvalue weighted by Crippen LogP contribution is -2.38. The number of fused-ring (bicyclic) bond motifs is 4. The summed E-state index contributed by atoms with van der Waals surface area (Å²) in [5, 5.41) is 0. The van der Waals surface area contributed by atoms with Gasteiger partial charge in [0.1, 0.15) is 50.8 Å². The summed E-state index contributed by atoms with van der Waals surface area (Å²) in [5.41, 5.74) is 9.22. The summed E-state index contributed by atoms with van der Waals surface area (Å²) < 4.78 is 137. The Bertz CT molecular complexity index is 2290. The minimum atomic E-state index is -5.21. The summed E-state index contributed by atoms with van der Waals surface area (Å²) in [6.07, 6.45) is -15.4. The second kappa shape index (κ2) is 16.5. The molecule has 0 saturated carbocycles. The molecule has 0 radical (unpaired) electrons. The number of hydrogen-bond donors (Lipinski definition) is 2. The zero-order valence-electron chi connectivity index (χ0n) is 34.7. The largest absolute Gasteiger partial charge is 0.478 e. The summed E-state index contributed by atoms with van der Waals surface area (Å²) in [6, 6.07) is 0. The first-order valence-electron chi connectivity index (χ1n) is 19.0. The van der Waals surface area contributed by atoms with Crippen LogP contribution in [0.3, 0.4) is 0 Å². The van der Waals surface area contributed by atoms with Gasteiger partial charge in [-0.2, -0.15) is 0 Å². The van der Waals surface area contributed by atoms with Gasteiger partial charge in [-0.1, -0.05) is 0 Å². The van der Waals surface area contributed by atoms with Crippen LogP contribution in [0, 0.1) is 10.8 Å². The molecule has 24 nitrogen and oxygen atoms in total. The molecular formula is C32H42F2N10O14P2. The number of ether oxygens (including phenoxy) is 4. The molecule has 0 aromatic carbocycles. The molecule has 0 aliphatic carbocycles. The maximum atomic E-state index is 16.9. The highest BCUT2D eigenvalue weighted by Gasteiger charge is 2.56. The van der Waals surface area contributed by atoms with Crippen LogP contribution in [0.2, 0.25) is 0 Å². The highest BCUT2D eigenvalue weighted by atomic mass is 31.2. The fraction of sp³-hybridized carbons (Fsp3) is 0.625. The van der Waals surface area contributed by atoms with E-state index in [1.807, 2.05) is 0 Å². The van der Waals surface area contributed by atoms with Crippen LogP contribution < -0.4 is 11.5 Å². The second-order valence-corrected chi connectivity index (χ2v) is 18.8. The summed E-state index contributed by atoms with van der Waals surface area (Å²) in [6.45, 7) is 4.97. The fourth-order valence-electron chi connectivity index (χ4n) is 5.86. The number of nitrogens with zero attached hydrogens (tertiary/aromatic N) is 8. The van der Waals surface area contributed by atoms with E-state index in [4.69, 9.17) is 60.3 Å². The van der Waals surface area contributed by atoms with E-state index in [2.05, 4.69) is 29.9 Å². The van der Waals surface area contributed by atoms with E-state index in [9.17, 15) is 18.7 Å². The lowest BCUT2D eigenvalue weighted by atomic mass is 9.98. The van der Waals surface area contributed by atoms with E-state index in [0.29, 0.717) is 0 Å². The van der Waals surface area contributed by atoms with Gasteiger partial charge in [-0.25, -0.2) is 56.9 Å². The number of rotatable bonds is 8. The Morgan fingerprint density at radius 1 is 0.733 bits per heavy atom. The summed E-state index contributed by atoms with van der Waals surface area (Å²) in [4.78, 5) is 48.9. The number of halogens is 2. The Morgan fingerprint density at radius 3 is 1.48 bits per heavy atom. The number of esters is 2. The van der Waals surface area contributed by atoms with Crippen molar-refractivity contribution in [2.24, 2.45) is 10.8 Å². The van der Waals surface area contributed by atoms with Gasteiger partial charge in [-0.15, -0.1) is 0 Å². The molecule has 0 unspecified atom stereocenters. The smallest absolute Gasteiger partial charge is 0.437 e. The van der Waals surface area contributed by atoms with Gasteiger partial charge in [0.2, 0.25) is 13.6 Å². The predicted octanol–water partition coefficient (Wildman–Crippen LogP) is 3.46. The standard InChI is InChI=1S/C32H42F2N10O14P2/c1-31(2,3)29(45)49-13-53-59(47)51-7-15-22(18(34)28(55-15)44-12-42-20-24(36)38-10-40-26(20)44)58-60(48,54-14-50-30(46)32(4,5)6)52-8-16-21(57-59)17(33)27(56-16)43-11-41-19-23(35)37-9-39-25(19)43/h9-12,15-18,21-22,27-28H,7-8,13-14H2,1-6H3,(H2,35,37,39)(H2,36,38,40)/t15-,16-,17-,18-,21-,22-,27-,28-,59-,60+/m1/s1/i11T,12T. The zero-order chi connectivity index (χ0) is 45.1. The first kappa shape index (κ1) is 41.0. The lowest BCUT2D eigenvalue weighted by Gasteiger charge is -2.30. The van der Waals surface area contributed by atoms with E-state index in [-0.39, 0.29) is 34.0 Å². The van der Waals surface area contributed by atoms with Crippen molar-refractivity contribution in [1.82, 2.24) is 39.0 Å². The Balaban J connectivity index is 1.27. The Kier molecular flexibility index (Phi) is 11.3. The topological polar surface area (TPSA) is 300 Å². The normalized spacial score (nSPS) is 32.1. The van der Waals surface area contributed by atoms with Gasteiger partial charge < -0.3 is 30.4 Å². The minimum absolute atomic E-state index is 0.0896. The molecule has 0 amide bonds. The fourth-order valence-corrected chi connectivity index (χ4v) is 8.38. The van der Waals surface area contributed by atoms with Crippen molar-refractivity contribution in [3.8, 4) is 0 Å². The third kappa shape index (κ3) is 8.84. The average Bonchev–Trinajstić information content (AvgIpc) is 3.89. The molecular weight excluding hydrogens is 848 g/mol. The number of phosphoric ester groups is 2. The number of anilines is 2. The van der Waals surface area contributed by atoms with Crippen molar-refractivity contribution in [3.63, 3.8) is 0 Å². The third-order valence-corrected chi connectivity index (χ3v) is 11.8. The highest BCUT2D eigenvalue weighted by Crippen LogP contribution is 2.58. The van der Waals surface area contributed by atoms with Crippen molar-refractivity contribution in [2.45, 2.75) is 90.8 Å². The first-order chi connectivity index (χ1) is 29.0. The molecule has 3 aliphatic rings. The zero-order valence-corrected chi connectivity index (χ0v) is 34.5. The molecule has 3 aliphatic heterocycles. The molecule has 3 fully saturated rings. The van der Waals surface area contributed by atoms with Crippen LogP contribution in [0.1, 0.15) is 56.7 Å². The quantitative estimate of drug-likeness (QED) is 0.145. The summed E-state index contributed by atoms with van der Waals surface area (Å²) in [5.74, 6) is -1.93. The van der Waals surface area contributed by atoms with Gasteiger partial charge >= 0.3 is 27.6 Å². The number of aromatic nitrogens is 8. The number of carbonyl (C=O) groups is 2. The molecule has 4 aromatic rings. The van der Waals surface area contributed by atoms with E-state index in [1.165, 1.54) is 41.5 Å². The maximum Gasteiger partial charge on any atom is 0.478 e. The van der Waals surface area contributed by atoms with Crippen LogP contribution >= 0.6 is 15.6 Å². The number of alkyl halides is 2. The maximum absolute atomic E-state index is 16.9. The molecule has 4 N–H and O–H groups in total. The highest BCUT2D eigenvalue weighted by molar-refractivity contribution is 7.48. The number of nitrogens with two attached hydrogens (primary N) is 2. The van der Waals surface area contributed by atoms with Crippen LogP contribution in [0.5, 0.6) is 0 Å². The third-order valence-electron chi connectivity index (χ3n) is 9.02. The van der Waals surface area contributed by atoms with Crippen molar-refractivity contribution in [3.05, 3.63) is 25.3 Å². The van der Waals surface area contributed by atoms with Crippen LogP contribution in [0.25, 0.3) is 22.3 Å². The molecule has 0 bridgehead atoms. The van der Waals surface area contributed by atoms with Crippen LogP contribution in [-0.4, -0.2) is 115 Å². The first-order valence-corrected chi connectivity index (χ1v) is 20.9. The average molecular weight is 895 g/mol. The summed E-state index contributed by atoms with van der Waals surface area (Å²) in [7, 11) is -10.4. The van der Waals surface area contributed by atoms with E-state index < -0.39 is 127 Å². The molecule has 60 heavy (non-hydrogen) atoms. The van der Waals surface area contributed by atoms with Gasteiger partial charge in [-0.3, -0.25) is 36.8 Å². The number of hydrogen-bond acceptors (Lipinski definition) is 22. The Labute approximate surface area is 341 Å². The Morgan fingerprint density at radius 2 is 1.12 bits per heavy atom. The molecule has 0 spiro atoms. The monoisotopic (exact) mass is 894 g/mol. The molecule has 7 rings (SSSR count). The molecule has 328 valence electrons. The SMILES string of the molecule is [3H]c1nc2c(N)ncnc2n1[C@@H]1O[C@@H]2CO[P@@](=O)(OCOC(=O)C(C)(C)C)O[C@H]3[C@@H](F)[C@H](n4c([3H])nc5c(N)ncnc54)O[C@@H]3CO[P@](=O)(OCOC(=O)C(C)(C)C)O[C@H]2[C@H]1F. The minimum Gasteiger partial charge on any atom is -0.437 e. The Hall–Kier alpha value is -4.36.